The third kappa shape index (κ3) is 4.70. The van der Waals surface area contributed by atoms with Gasteiger partial charge in [-0.25, -0.2) is 5.43 Å². The Balaban J connectivity index is 1.99. The number of hydrogen-bond donors (Lipinski definition) is 1. The van der Waals surface area contributed by atoms with E-state index in [4.69, 9.17) is 4.74 Å². The summed E-state index contributed by atoms with van der Waals surface area (Å²) in [4.78, 5) is 15.7. The molecule has 114 valence electrons. The van der Waals surface area contributed by atoms with E-state index in [-0.39, 0.29) is 5.91 Å². The molecule has 1 heterocycles. The molecule has 0 aliphatic carbocycles. The Morgan fingerprint density at radius 1 is 1.27 bits per heavy atom. The fraction of sp³-hybridized carbons (Fsp3) is 0.235. The zero-order valence-electron chi connectivity index (χ0n) is 12.7. The molecule has 1 aromatic carbocycles. The molecule has 0 saturated carbocycles. The van der Waals surface area contributed by atoms with Crippen LogP contribution in [0.15, 0.2) is 53.9 Å². The molecule has 1 N–H and O–H groups in total. The lowest BCUT2D eigenvalue weighted by molar-refractivity contribution is 0.0955. The van der Waals surface area contributed by atoms with E-state index in [1.807, 2.05) is 24.3 Å². The van der Waals surface area contributed by atoms with Crippen molar-refractivity contribution in [2.45, 2.75) is 13.8 Å². The topological polar surface area (TPSA) is 63.6 Å². The van der Waals surface area contributed by atoms with Crippen LogP contribution in [0.4, 0.5) is 0 Å². The number of hydrazone groups is 1. The van der Waals surface area contributed by atoms with Gasteiger partial charge in [-0.15, -0.1) is 0 Å². The Morgan fingerprint density at radius 2 is 2.00 bits per heavy atom. The summed E-state index contributed by atoms with van der Waals surface area (Å²) in [7, 11) is 0. The van der Waals surface area contributed by atoms with Gasteiger partial charge in [0.1, 0.15) is 5.75 Å². The van der Waals surface area contributed by atoms with Gasteiger partial charge in [0.2, 0.25) is 0 Å². The summed E-state index contributed by atoms with van der Waals surface area (Å²) < 4.78 is 5.73. The van der Waals surface area contributed by atoms with Gasteiger partial charge in [-0.05, 0) is 30.2 Å². The van der Waals surface area contributed by atoms with Gasteiger partial charge in [-0.3, -0.25) is 9.78 Å². The van der Waals surface area contributed by atoms with Gasteiger partial charge in [0.25, 0.3) is 5.91 Å². The lowest BCUT2D eigenvalue weighted by Gasteiger charge is -2.10. The van der Waals surface area contributed by atoms with Gasteiger partial charge in [0.05, 0.1) is 12.8 Å². The summed E-state index contributed by atoms with van der Waals surface area (Å²) in [6.45, 7) is 4.81. The van der Waals surface area contributed by atoms with Crippen LogP contribution < -0.4 is 10.2 Å². The Morgan fingerprint density at radius 3 is 2.73 bits per heavy atom. The first-order valence-corrected chi connectivity index (χ1v) is 7.12. The first-order valence-electron chi connectivity index (χ1n) is 7.12. The molecule has 2 rings (SSSR count). The van der Waals surface area contributed by atoms with Crippen LogP contribution in [-0.2, 0) is 0 Å². The van der Waals surface area contributed by atoms with Gasteiger partial charge in [0, 0.05) is 23.5 Å². The highest BCUT2D eigenvalue weighted by Crippen LogP contribution is 2.16. The number of amides is 1. The van der Waals surface area contributed by atoms with Crippen molar-refractivity contribution >= 4 is 12.1 Å². The van der Waals surface area contributed by atoms with Gasteiger partial charge in [-0.2, -0.15) is 5.10 Å². The summed E-state index contributed by atoms with van der Waals surface area (Å²) in [5, 5.41) is 3.98. The van der Waals surface area contributed by atoms with E-state index in [9.17, 15) is 4.79 Å². The van der Waals surface area contributed by atoms with Crippen molar-refractivity contribution in [2.24, 2.45) is 11.0 Å². The molecule has 0 fully saturated rings. The van der Waals surface area contributed by atoms with Gasteiger partial charge in [0.15, 0.2) is 0 Å². The van der Waals surface area contributed by atoms with E-state index in [1.165, 1.54) is 0 Å². The number of para-hydroxylation sites is 1. The van der Waals surface area contributed by atoms with Crippen LogP contribution in [0.1, 0.15) is 29.8 Å². The largest absolute Gasteiger partial charge is 0.493 e. The summed E-state index contributed by atoms with van der Waals surface area (Å²) in [5.41, 5.74) is 3.82. The Bertz CT molecular complexity index is 639. The lowest BCUT2D eigenvalue weighted by atomic mass is 10.2. The fourth-order valence-electron chi connectivity index (χ4n) is 1.70. The highest BCUT2D eigenvalue weighted by molar-refractivity contribution is 5.94. The predicted molar refractivity (Wildman–Crippen MR) is 86.1 cm³/mol. The van der Waals surface area contributed by atoms with E-state index < -0.39 is 0 Å². The molecule has 0 bridgehead atoms. The van der Waals surface area contributed by atoms with Crippen LogP contribution in [-0.4, -0.2) is 23.7 Å². The van der Waals surface area contributed by atoms with Crippen molar-refractivity contribution in [1.82, 2.24) is 10.4 Å². The maximum Gasteiger partial charge on any atom is 0.271 e. The smallest absolute Gasteiger partial charge is 0.271 e. The minimum absolute atomic E-state index is 0.278. The molecule has 0 unspecified atom stereocenters. The van der Waals surface area contributed by atoms with Gasteiger partial charge in [-0.1, -0.05) is 26.0 Å². The SMILES string of the molecule is CC(C)COc1ccccc1/C=N\NC(=O)c1ccncc1. The molecule has 0 spiro atoms. The van der Waals surface area contributed by atoms with Crippen molar-refractivity contribution in [1.29, 1.82) is 0 Å². The Labute approximate surface area is 130 Å². The molecule has 5 nitrogen and oxygen atoms in total. The molecule has 2 aromatic rings. The number of carbonyl (C=O) groups excluding carboxylic acids is 1. The van der Waals surface area contributed by atoms with Crippen LogP contribution in [0.5, 0.6) is 5.75 Å². The normalized spacial score (nSPS) is 10.9. The number of ether oxygens (including phenoxy) is 1. The molecular weight excluding hydrogens is 278 g/mol. The van der Waals surface area contributed by atoms with E-state index >= 15 is 0 Å². The Hall–Kier alpha value is -2.69. The molecular formula is C17H19N3O2. The summed E-state index contributed by atoms with van der Waals surface area (Å²) >= 11 is 0. The van der Waals surface area contributed by atoms with Crippen molar-refractivity contribution in [3.8, 4) is 5.75 Å². The maximum atomic E-state index is 11.9. The van der Waals surface area contributed by atoms with Crippen LogP contribution in [0.2, 0.25) is 0 Å². The number of rotatable bonds is 6. The standard InChI is InChI=1S/C17H19N3O2/c1-13(2)12-22-16-6-4-3-5-15(16)11-19-20-17(21)14-7-9-18-10-8-14/h3-11,13H,12H2,1-2H3,(H,20,21)/b19-11-. The van der Waals surface area contributed by atoms with Crippen molar-refractivity contribution in [3.63, 3.8) is 0 Å². The van der Waals surface area contributed by atoms with E-state index in [1.54, 1.807) is 30.7 Å². The van der Waals surface area contributed by atoms with E-state index in [2.05, 4.69) is 29.4 Å². The number of hydrogen-bond acceptors (Lipinski definition) is 4. The summed E-state index contributed by atoms with van der Waals surface area (Å²) in [6.07, 6.45) is 4.70. The third-order valence-electron chi connectivity index (χ3n) is 2.80. The molecule has 0 saturated heterocycles. The number of benzene rings is 1. The molecule has 22 heavy (non-hydrogen) atoms. The second-order valence-electron chi connectivity index (χ2n) is 5.18. The minimum atomic E-state index is -0.278. The molecule has 1 aromatic heterocycles. The quantitative estimate of drug-likeness (QED) is 0.658. The second-order valence-corrected chi connectivity index (χ2v) is 5.18. The van der Waals surface area contributed by atoms with Crippen molar-refractivity contribution < 1.29 is 9.53 Å². The lowest BCUT2D eigenvalue weighted by Crippen LogP contribution is -2.17. The third-order valence-corrected chi connectivity index (χ3v) is 2.80. The zero-order chi connectivity index (χ0) is 15.8. The molecule has 0 aliphatic heterocycles. The zero-order valence-corrected chi connectivity index (χ0v) is 12.7. The van der Waals surface area contributed by atoms with E-state index in [0.29, 0.717) is 18.1 Å². The highest BCUT2D eigenvalue weighted by Gasteiger charge is 2.04. The number of nitrogens with one attached hydrogen (secondary N) is 1. The fourth-order valence-corrected chi connectivity index (χ4v) is 1.70. The number of nitrogens with zero attached hydrogens (tertiary/aromatic N) is 2. The monoisotopic (exact) mass is 297 g/mol. The van der Waals surface area contributed by atoms with Crippen molar-refractivity contribution in [2.75, 3.05) is 6.61 Å². The maximum absolute atomic E-state index is 11.9. The summed E-state index contributed by atoms with van der Waals surface area (Å²) in [6, 6.07) is 10.8. The van der Waals surface area contributed by atoms with Crippen LogP contribution in [0.25, 0.3) is 0 Å². The molecule has 5 heteroatoms. The number of carbonyl (C=O) groups is 1. The van der Waals surface area contributed by atoms with E-state index in [0.717, 1.165) is 11.3 Å². The second kappa shape index (κ2) is 7.93. The molecule has 0 aliphatic rings. The first kappa shape index (κ1) is 15.7. The molecule has 0 atom stereocenters. The van der Waals surface area contributed by atoms with Gasteiger partial charge >= 0.3 is 0 Å². The number of pyridine rings is 1. The van der Waals surface area contributed by atoms with Crippen LogP contribution in [0.3, 0.4) is 0 Å². The minimum Gasteiger partial charge on any atom is -0.493 e. The molecule has 1 amide bonds. The summed E-state index contributed by atoms with van der Waals surface area (Å²) in [5.74, 6) is 0.911. The predicted octanol–water partition coefficient (Wildman–Crippen LogP) is 2.88. The van der Waals surface area contributed by atoms with Gasteiger partial charge < -0.3 is 4.74 Å². The van der Waals surface area contributed by atoms with Crippen molar-refractivity contribution in [3.05, 3.63) is 59.9 Å². The average molecular weight is 297 g/mol. The molecule has 0 radical (unpaired) electrons. The van der Waals surface area contributed by atoms with Crippen LogP contribution in [0, 0.1) is 5.92 Å². The highest BCUT2D eigenvalue weighted by atomic mass is 16.5. The number of aromatic nitrogens is 1. The first-order chi connectivity index (χ1) is 10.7. The average Bonchev–Trinajstić information content (AvgIpc) is 2.54. The van der Waals surface area contributed by atoms with Crippen LogP contribution >= 0.6 is 0 Å². The Kier molecular flexibility index (Phi) is 5.65.